The van der Waals surface area contributed by atoms with Crippen LogP contribution in [0, 0.1) is 5.82 Å². The second-order valence-electron chi connectivity index (χ2n) is 6.14. The molecule has 0 saturated heterocycles. The van der Waals surface area contributed by atoms with E-state index in [0.717, 1.165) is 10.9 Å². The Morgan fingerprint density at radius 1 is 1.30 bits per heavy atom. The van der Waals surface area contributed by atoms with E-state index in [9.17, 15) is 14.0 Å². The number of nitrogens with one attached hydrogen (secondary N) is 2. The Morgan fingerprint density at radius 2 is 2.15 bits per heavy atom. The molecule has 2 aromatic heterocycles. The fraction of sp³-hybridized carbons (Fsp3) is 0.211. The molecule has 27 heavy (non-hydrogen) atoms. The fourth-order valence-electron chi connectivity index (χ4n) is 2.61. The van der Waals surface area contributed by atoms with E-state index >= 15 is 0 Å². The van der Waals surface area contributed by atoms with Crippen molar-refractivity contribution in [2.75, 3.05) is 5.32 Å². The maximum absolute atomic E-state index is 13.9. The van der Waals surface area contributed by atoms with Gasteiger partial charge in [-0.15, -0.1) is 11.3 Å². The zero-order valence-corrected chi connectivity index (χ0v) is 15.5. The topological polar surface area (TPSA) is 76.0 Å². The summed E-state index contributed by atoms with van der Waals surface area (Å²) in [5, 5.41) is 11.4. The van der Waals surface area contributed by atoms with Crippen LogP contribution in [0.2, 0.25) is 0 Å². The van der Waals surface area contributed by atoms with Crippen molar-refractivity contribution in [2.45, 2.75) is 25.9 Å². The van der Waals surface area contributed by atoms with Gasteiger partial charge in [0.15, 0.2) is 0 Å². The highest BCUT2D eigenvalue weighted by atomic mass is 32.1. The number of hydrogen-bond donors (Lipinski definition) is 2. The molecule has 1 aromatic carbocycles. The summed E-state index contributed by atoms with van der Waals surface area (Å²) in [7, 11) is 0. The summed E-state index contributed by atoms with van der Waals surface area (Å²) in [6, 6.07) is 9.12. The largest absolute Gasteiger partial charge is 0.348 e. The minimum absolute atomic E-state index is 0.147. The summed E-state index contributed by atoms with van der Waals surface area (Å²) in [4.78, 5) is 25.4. The predicted molar refractivity (Wildman–Crippen MR) is 102 cm³/mol. The number of nitrogens with zero attached hydrogens (tertiary/aromatic N) is 2. The van der Waals surface area contributed by atoms with E-state index in [2.05, 4.69) is 15.7 Å². The summed E-state index contributed by atoms with van der Waals surface area (Å²) in [5.74, 6) is -1.27. The average molecular weight is 386 g/mol. The van der Waals surface area contributed by atoms with Crippen molar-refractivity contribution in [3.05, 3.63) is 70.4 Å². The van der Waals surface area contributed by atoms with Gasteiger partial charge in [0, 0.05) is 34.6 Å². The predicted octanol–water partition coefficient (Wildman–Crippen LogP) is 3.08. The lowest BCUT2D eigenvalue weighted by Gasteiger charge is -2.15. The molecule has 1 atom stereocenters. The average Bonchev–Trinajstić information content (AvgIpc) is 3.28. The minimum Gasteiger partial charge on any atom is -0.348 e. The van der Waals surface area contributed by atoms with Gasteiger partial charge in [0.1, 0.15) is 5.82 Å². The Morgan fingerprint density at radius 3 is 2.85 bits per heavy atom. The van der Waals surface area contributed by atoms with E-state index in [4.69, 9.17) is 0 Å². The van der Waals surface area contributed by atoms with Gasteiger partial charge in [0.25, 0.3) is 5.91 Å². The van der Waals surface area contributed by atoms with E-state index < -0.39 is 11.7 Å². The number of amides is 2. The van der Waals surface area contributed by atoms with Crippen LogP contribution >= 0.6 is 11.3 Å². The highest BCUT2D eigenvalue weighted by molar-refractivity contribution is 7.10. The van der Waals surface area contributed by atoms with Gasteiger partial charge in [-0.3, -0.25) is 14.3 Å². The first kappa shape index (κ1) is 18.8. The van der Waals surface area contributed by atoms with Crippen molar-refractivity contribution in [2.24, 2.45) is 0 Å². The maximum Gasteiger partial charge on any atom is 0.251 e. The fourth-order valence-corrected chi connectivity index (χ4v) is 3.31. The van der Waals surface area contributed by atoms with Crippen LogP contribution in [0.5, 0.6) is 0 Å². The molecular weight excluding hydrogens is 367 g/mol. The third kappa shape index (κ3) is 5.49. The van der Waals surface area contributed by atoms with Crippen LogP contribution < -0.4 is 10.6 Å². The molecule has 2 N–H and O–H groups in total. The number of aromatic nitrogens is 2. The van der Waals surface area contributed by atoms with Gasteiger partial charge < -0.3 is 10.6 Å². The van der Waals surface area contributed by atoms with Crippen molar-refractivity contribution in [3.8, 4) is 0 Å². The van der Waals surface area contributed by atoms with Crippen molar-refractivity contribution in [3.63, 3.8) is 0 Å². The molecule has 1 unspecified atom stereocenters. The van der Waals surface area contributed by atoms with Gasteiger partial charge in [-0.1, -0.05) is 6.07 Å². The van der Waals surface area contributed by atoms with Gasteiger partial charge in [0.05, 0.1) is 13.0 Å². The van der Waals surface area contributed by atoms with Crippen LogP contribution in [0.15, 0.2) is 54.2 Å². The molecule has 140 valence electrons. The molecule has 2 amide bonds. The Labute approximate surface area is 160 Å². The van der Waals surface area contributed by atoms with Gasteiger partial charge >= 0.3 is 0 Å². The van der Waals surface area contributed by atoms with Crippen LogP contribution in [-0.4, -0.2) is 27.6 Å². The van der Waals surface area contributed by atoms with Crippen LogP contribution in [0.3, 0.4) is 0 Å². The van der Waals surface area contributed by atoms with E-state index in [1.54, 1.807) is 23.1 Å². The maximum atomic E-state index is 13.9. The molecule has 0 aliphatic carbocycles. The molecular formula is C19H19FN4O2S. The molecule has 0 fully saturated rings. The number of rotatable bonds is 7. The van der Waals surface area contributed by atoms with Gasteiger partial charge in [-0.25, -0.2) is 4.39 Å². The number of hydrogen-bond acceptors (Lipinski definition) is 4. The SMILES string of the molecule is CC(Cn1cccn1)NC(=O)c1cc(F)cc(NC(=O)Cc2cccs2)c1. The molecule has 0 spiro atoms. The zero-order chi connectivity index (χ0) is 19.2. The Hall–Kier alpha value is -3.00. The second kappa shape index (κ2) is 8.59. The van der Waals surface area contributed by atoms with E-state index in [-0.39, 0.29) is 29.6 Å². The lowest BCUT2D eigenvalue weighted by Crippen LogP contribution is -2.35. The summed E-state index contributed by atoms with van der Waals surface area (Å²) < 4.78 is 15.6. The van der Waals surface area contributed by atoms with E-state index in [1.807, 2.05) is 24.4 Å². The highest BCUT2D eigenvalue weighted by Crippen LogP contribution is 2.16. The van der Waals surface area contributed by atoms with E-state index in [1.165, 1.54) is 23.5 Å². The number of halogens is 1. The standard InChI is InChI=1S/C19H19FN4O2S/c1-13(12-24-6-3-5-21-24)22-19(26)14-8-15(20)10-16(9-14)23-18(25)11-17-4-2-7-27-17/h2-10,13H,11-12H2,1H3,(H,22,26)(H,23,25). The smallest absolute Gasteiger partial charge is 0.251 e. The lowest BCUT2D eigenvalue weighted by molar-refractivity contribution is -0.115. The molecule has 0 bridgehead atoms. The van der Waals surface area contributed by atoms with E-state index in [0.29, 0.717) is 6.54 Å². The van der Waals surface area contributed by atoms with Crippen molar-refractivity contribution >= 4 is 28.8 Å². The monoisotopic (exact) mass is 386 g/mol. The van der Waals surface area contributed by atoms with Crippen LogP contribution in [0.1, 0.15) is 22.2 Å². The normalized spacial score (nSPS) is 11.8. The number of anilines is 1. The van der Waals surface area contributed by atoms with Crippen molar-refractivity contribution in [1.29, 1.82) is 0 Å². The first-order valence-corrected chi connectivity index (χ1v) is 9.28. The first-order valence-electron chi connectivity index (χ1n) is 8.41. The molecule has 0 radical (unpaired) electrons. The number of thiophene rings is 1. The van der Waals surface area contributed by atoms with Crippen molar-refractivity contribution < 1.29 is 14.0 Å². The quantitative estimate of drug-likeness (QED) is 0.655. The number of carbonyl (C=O) groups excluding carboxylic acids is 2. The first-order chi connectivity index (χ1) is 13.0. The van der Waals surface area contributed by atoms with Crippen LogP contribution in [0.25, 0.3) is 0 Å². The molecule has 0 aliphatic heterocycles. The van der Waals surface area contributed by atoms with Gasteiger partial charge in [-0.05, 0) is 42.6 Å². The summed E-state index contributed by atoms with van der Waals surface area (Å²) >= 11 is 1.48. The number of carbonyl (C=O) groups is 2. The molecule has 3 rings (SSSR count). The highest BCUT2D eigenvalue weighted by Gasteiger charge is 2.14. The second-order valence-corrected chi connectivity index (χ2v) is 7.17. The molecule has 2 heterocycles. The molecule has 3 aromatic rings. The summed E-state index contributed by atoms with van der Waals surface area (Å²) in [5.41, 5.74) is 0.398. The minimum atomic E-state index is -0.589. The van der Waals surface area contributed by atoms with Crippen LogP contribution in [-0.2, 0) is 17.8 Å². The summed E-state index contributed by atoms with van der Waals surface area (Å²) in [6.45, 7) is 2.33. The lowest BCUT2D eigenvalue weighted by atomic mass is 10.1. The Kier molecular flexibility index (Phi) is 5.97. The van der Waals surface area contributed by atoms with Crippen molar-refractivity contribution in [1.82, 2.24) is 15.1 Å². The third-order valence-corrected chi connectivity index (χ3v) is 4.63. The Balaban J connectivity index is 1.63. The third-order valence-electron chi connectivity index (χ3n) is 3.76. The van der Waals surface area contributed by atoms with Crippen LogP contribution in [0.4, 0.5) is 10.1 Å². The number of benzene rings is 1. The zero-order valence-electron chi connectivity index (χ0n) is 14.7. The van der Waals surface area contributed by atoms with Gasteiger partial charge in [0.2, 0.25) is 5.91 Å². The summed E-state index contributed by atoms with van der Waals surface area (Å²) in [6.07, 6.45) is 3.66. The Bertz CT molecular complexity index is 910. The van der Waals surface area contributed by atoms with Gasteiger partial charge in [-0.2, -0.15) is 5.10 Å². The molecule has 0 aliphatic rings. The molecule has 0 saturated carbocycles. The molecule has 8 heteroatoms. The molecule has 6 nitrogen and oxygen atoms in total.